The van der Waals surface area contributed by atoms with Gasteiger partial charge in [0.1, 0.15) is 5.76 Å². The van der Waals surface area contributed by atoms with E-state index in [0.717, 1.165) is 24.6 Å². The molecule has 0 bridgehead atoms. The van der Waals surface area contributed by atoms with Crippen LogP contribution in [0, 0.1) is 11.3 Å². The highest BCUT2D eigenvalue weighted by Crippen LogP contribution is 2.47. The molecule has 1 unspecified atom stereocenters. The largest absolute Gasteiger partial charge is 0.469 e. The van der Waals surface area contributed by atoms with Crippen LogP contribution < -0.4 is 5.32 Å². The summed E-state index contributed by atoms with van der Waals surface area (Å²) in [6.07, 6.45) is 5.61. The maximum atomic E-state index is 5.49. The smallest absolute Gasteiger partial charge is 0.104 e. The van der Waals surface area contributed by atoms with E-state index in [1.54, 1.807) is 6.26 Å². The summed E-state index contributed by atoms with van der Waals surface area (Å²) in [7, 11) is 0. The molecule has 0 aliphatic heterocycles. The van der Waals surface area contributed by atoms with Crippen molar-refractivity contribution in [3.05, 3.63) is 24.2 Å². The lowest BCUT2D eigenvalue weighted by Gasteiger charge is -2.30. The first kappa shape index (κ1) is 11.7. The molecule has 1 aromatic rings. The molecule has 0 saturated heterocycles. The molecule has 2 rings (SSSR count). The molecule has 90 valence electrons. The zero-order chi connectivity index (χ0) is 11.6. The summed E-state index contributed by atoms with van der Waals surface area (Å²) in [6, 6.07) is 4.64. The van der Waals surface area contributed by atoms with Crippen LogP contribution in [0.15, 0.2) is 22.8 Å². The second-order valence-corrected chi connectivity index (χ2v) is 5.72. The topological polar surface area (TPSA) is 25.2 Å². The standard InChI is InChI=1S/C14H23NO/c1-11(2)15-10-14(3,12-6-7-12)9-13-5-4-8-16-13/h4-5,8,11-12,15H,6-7,9-10H2,1-3H3. The first-order chi connectivity index (χ1) is 7.60. The maximum absolute atomic E-state index is 5.49. The second kappa shape index (κ2) is 4.62. The predicted molar refractivity (Wildman–Crippen MR) is 66.4 cm³/mol. The van der Waals surface area contributed by atoms with Gasteiger partial charge in [-0.25, -0.2) is 0 Å². The third kappa shape index (κ3) is 2.88. The summed E-state index contributed by atoms with van der Waals surface area (Å²) in [5, 5.41) is 3.58. The molecule has 1 N–H and O–H groups in total. The van der Waals surface area contributed by atoms with Crippen LogP contribution in [0.4, 0.5) is 0 Å². The van der Waals surface area contributed by atoms with Crippen LogP contribution in [0.5, 0.6) is 0 Å². The van der Waals surface area contributed by atoms with Crippen molar-refractivity contribution in [2.45, 2.75) is 46.1 Å². The van der Waals surface area contributed by atoms with E-state index in [0.29, 0.717) is 11.5 Å². The van der Waals surface area contributed by atoms with Gasteiger partial charge in [0, 0.05) is 19.0 Å². The number of hydrogen-bond acceptors (Lipinski definition) is 2. The summed E-state index contributed by atoms with van der Waals surface area (Å²) in [5.41, 5.74) is 0.363. The van der Waals surface area contributed by atoms with Gasteiger partial charge in [-0.05, 0) is 36.3 Å². The Hall–Kier alpha value is -0.760. The lowest BCUT2D eigenvalue weighted by molar-refractivity contribution is 0.232. The van der Waals surface area contributed by atoms with Crippen LogP contribution in [-0.2, 0) is 6.42 Å². The fourth-order valence-corrected chi connectivity index (χ4v) is 2.38. The average molecular weight is 221 g/mol. The summed E-state index contributed by atoms with van der Waals surface area (Å²) >= 11 is 0. The lowest BCUT2D eigenvalue weighted by atomic mass is 9.80. The number of nitrogens with one attached hydrogen (secondary N) is 1. The third-order valence-corrected chi connectivity index (χ3v) is 3.64. The molecular formula is C14H23NO. The van der Waals surface area contributed by atoms with E-state index in [2.05, 4.69) is 32.2 Å². The molecule has 0 aromatic carbocycles. The van der Waals surface area contributed by atoms with Gasteiger partial charge >= 0.3 is 0 Å². The van der Waals surface area contributed by atoms with E-state index >= 15 is 0 Å². The third-order valence-electron chi connectivity index (χ3n) is 3.64. The van der Waals surface area contributed by atoms with E-state index in [4.69, 9.17) is 4.42 Å². The normalized spacial score (nSPS) is 20.0. The highest BCUT2D eigenvalue weighted by atomic mass is 16.3. The van der Waals surface area contributed by atoms with Crippen molar-refractivity contribution in [2.75, 3.05) is 6.54 Å². The summed E-state index contributed by atoms with van der Waals surface area (Å²) in [5.74, 6) is 2.00. The number of hydrogen-bond donors (Lipinski definition) is 1. The zero-order valence-electron chi connectivity index (χ0n) is 10.6. The molecule has 1 fully saturated rings. The Morgan fingerprint density at radius 3 is 2.75 bits per heavy atom. The Labute approximate surface area is 98.4 Å². The molecule has 1 aromatic heterocycles. The fourth-order valence-electron chi connectivity index (χ4n) is 2.38. The van der Waals surface area contributed by atoms with Gasteiger partial charge < -0.3 is 9.73 Å². The SMILES string of the molecule is CC(C)NCC(C)(Cc1ccco1)C1CC1. The van der Waals surface area contributed by atoms with Gasteiger partial charge in [-0.1, -0.05) is 20.8 Å². The van der Waals surface area contributed by atoms with Crippen LogP contribution in [-0.4, -0.2) is 12.6 Å². The van der Waals surface area contributed by atoms with Crippen LogP contribution >= 0.6 is 0 Å². The Kier molecular flexibility index (Phi) is 3.38. The minimum absolute atomic E-state index is 0.363. The van der Waals surface area contributed by atoms with Crippen molar-refractivity contribution in [3.63, 3.8) is 0 Å². The minimum Gasteiger partial charge on any atom is -0.469 e. The van der Waals surface area contributed by atoms with Gasteiger partial charge in [0.05, 0.1) is 6.26 Å². The molecule has 0 amide bonds. The van der Waals surface area contributed by atoms with E-state index < -0.39 is 0 Å². The Bertz CT molecular complexity index is 313. The van der Waals surface area contributed by atoms with E-state index in [-0.39, 0.29) is 0 Å². The van der Waals surface area contributed by atoms with E-state index in [1.165, 1.54) is 12.8 Å². The van der Waals surface area contributed by atoms with E-state index in [1.807, 2.05) is 6.07 Å². The first-order valence-corrected chi connectivity index (χ1v) is 6.36. The molecule has 1 atom stereocenters. The second-order valence-electron chi connectivity index (χ2n) is 5.72. The van der Waals surface area contributed by atoms with Gasteiger partial charge in [-0.3, -0.25) is 0 Å². The van der Waals surface area contributed by atoms with Gasteiger partial charge in [0.25, 0.3) is 0 Å². The molecule has 1 saturated carbocycles. The van der Waals surface area contributed by atoms with Crippen LogP contribution in [0.3, 0.4) is 0 Å². The van der Waals surface area contributed by atoms with E-state index in [9.17, 15) is 0 Å². The van der Waals surface area contributed by atoms with Gasteiger partial charge in [-0.15, -0.1) is 0 Å². The summed E-state index contributed by atoms with van der Waals surface area (Å²) in [4.78, 5) is 0. The van der Waals surface area contributed by atoms with Crippen molar-refractivity contribution < 1.29 is 4.42 Å². The number of rotatable bonds is 6. The zero-order valence-corrected chi connectivity index (χ0v) is 10.6. The van der Waals surface area contributed by atoms with Crippen molar-refractivity contribution in [2.24, 2.45) is 11.3 Å². The molecule has 1 aliphatic carbocycles. The monoisotopic (exact) mass is 221 g/mol. The van der Waals surface area contributed by atoms with Crippen molar-refractivity contribution >= 4 is 0 Å². The highest BCUT2D eigenvalue weighted by Gasteiger charge is 2.41. The summed E-state index contributed by atoms with van der Waals surface area (Å²) < 4.78 is 5.49. The molecule has 1 heterocycles. The van der Waals surface area contributed by atoms with Gasteiger partial charge in [0.2, 0.25) is 0 Å². The molecule has 2 nitrogen and oxygen atoms in total. The molecule has 0 radical (unpaired) electrons. The van der Waals surface area contributed by atoms with Crippen molar-refractivity contribution in [1.29, 1.82) is 0 Å². The predicted octanol–water partition coefficient (Wildman–Crippen LogP) is 3.24. The van der Waals surface area contributed by atoms with Crippen LogP contribution in [0.2, 0.25) is 0 Å². The average Bonchev–Trinajstić information content (AvgIpc) is 2.98. The van der Waals surface area contributed by atoms with Gasteiger partial charge in [-0.2, -0.15) is 0 Å². The Balaban J connectivity index is 1.97. The quantitative estimate of drug-likeness (QED) is 0.797. The maximum Gasteiger partial charge on any atom is 0.104 e. The fraction of sp³-hybridized carbons (Fsp3) is 0.714. The Morgan fingerprint density at radius 1 is 1.50 bits per heavy atom. The van der Waals surface area contributed by atoms with Crippen LogP contribution in [0.25, 0.3) is 0 Å². The molecule has 16 heavy (non-hydrogen) atoms. The van der Waals surface area contributed by atoms with Crippen molar-refractivity contribution in [3.8, 4) is 0 Å². The summed E-state index contributed by atoms with van der Waals surface area (Å²) in [6.45, 7) is 7.90. The molecule has 2 heteroatoms. The minimum atomic E-state index is 0.363. The number of furan rings is 1. The molecule has 1 aliphatic rings. The Morgan fingerprint density at radius 2 is 2.25 bits per heavy atom. The highest BCUT2D eigenvalue weighted by molar-refractivity contribution is 5.05. The van der Waals surface area contributed by atoms with Gasteiger partial charge in [0.15, 0.2) is 0 Å². The lowest BCUT2D eigenvalue weighted by Crippen LogP contribution is -2.38. The molecule has 0 spiro atoms. The van der Waals surface area contributed by atoms with Crippen molar-refractivity contribution in [1.82, 2.24) is 5.32 Å². The van der Waals surface area contributed by atoms with Crippen LogP contribution in [0.1, 0.15) is 39.4 Å². The molecular weight excluding hydrogens is 198 g/mol. The first-order valence-electron chi connectivity index (χ1n) is 6.36.